The SMILES string of the molecule is Cc1cccc(CNc2c(C)ccc(N3CCNCC3)c2N)c1. The van der Waals surface area contributed by atoms with Crippen LogP contribution in [0.1, 0.15) is 16.7 Å². The van der Waals surface area contributed by atoms with Gasteiger partial charge in [0.1, 0.15) is 0 Å². The topological polar surface area (TPSA) is 53.3 Å². The minimum Gasteiger partial charge on any atom is -0.395 e. The number of nitrogen functional groups attached to an aromatic ring is 1. The summed E-state index contributed by atoms with van der Waals surface area (Å²) in [6.45, 7) is 9.05. The normalized spacial score (nSPS) is 14.8. The van der Waals surface area contributed by atoms with Crippen molar-refractivity contribution in [2.75, 3.05) is 42.1 Å². The smallest absolute Gasteiger partial charge is 0.0790 e. The molecule has 0 saturated carbocycles. The first kappa shape index (κ1) is 15.7. The van der Waals surface area contributed by atoms with E-state index in [1.807, 2.05) is 0 Å². The first-order chi connectivity index (χ1) is 11.1. The lowest BCUT2D eigenvalue weighted by Gasteiger charge is -2.31. The van der Waals surface area contributed by atoms with Crippen LogP contribution >= 0.6 is 0 Å². The lowest BCUT2D eigenvalue weighted by molar-refractivity contribution is 0.590. The zero-order valence-electron chi connectivity index (χ0n) is 14.0. The van der Waals surface area contributed by atoms with Crippen LogP contribution < -0.4 is 21.3 Å². The quantitative estimate of drug-likeness (QED) is 0.760. The van der Waals surface area contributed by atoms with Crippen LogP contribution in [-0.2, 0) is 6.54 Å². The van der Waals surface area contributed by atoms with Gasteiger partial charge in [0.2, 0.25) is 0 Å². The molecule has 1 fully saturated rings. The van der Waals surface area contributed by atoms with Gasteiger partial charge >= 0.3 is 0 Å². The van der Waals surface area contributed by atoms with Gasteiger partial charge in [0.15, 0.2) is 0 Å². The fraction of sp³-hybridized carbons (Fsp3) is 0.368. The Morgan fingerprint density at radius 3 is 2.65 bits per heavy atom. The molecule has 0 unspecified atom stereocenters. The maximum atomic E-state index is 6.48. The van der Waals surface area contributed by atoms with Crippen molar-refractivity contribution in [2.24, 2.45) is 0 Å². The fourth-order valence-electron chi connectivity index (χ4n) is 3.15. The van der Waals surface area contributed by atoms with Crippen LogP contribution in [0.4, 0.5) is 17.1 Å². The van der Waals surface area contributed by atoms with E-state index < -0.39 is 0 Å². The molecule has 3 rings (SSSR count). The van der Waals surface area contributed by atoms with Crippen molar-refractivity contribution in [3.05, 3.63) is 53.1 Å². The van der Waals surface area contributed by atoms with Gasteiger partial charge in [-0.1, -0.05) is 35.9 Å². The average molecular weight is 310 g/mol. The maximum Gasteiger partial charge on any atom is 0.0790 e. The minimum absolute atomic E-state index is 0.789. The van der Waals surface area contributed by atoms with E-state index in [0.29, 0.717) is 0 Å². The molecule has 0 aliphatic carbocycles. The molecule has 4 heteroatoms. The molecule has 4 nitrogen and oxygen atoms in total. The number of nitrogens with two attached hydrogens (primary N) is 1. The molecule has 2 aromatic rings. The zero-order chi connectivity index (χ0) is 16.2. The van der Waals surface area contributed by atoms with E-state index >= 15 is 0 Å². The number of piperazine rings is 1. The molecule has 23 heavy (non-hydrogen) atoms. The summed E-state index contributed by atoms with van der Waals surface area (Å²) in [6.07, 6.45) is 0. The first-order valence-corrected chi connectivity index (χ1v) is 8.29. The van der Waals surface area contributed by atoms with Gasteiger partial charge in [-0.2, -0.15) is 0 Å². The number of benzene rings is 2. The van der Waals surface area contributed by atoms with Gasteiger partial charge in [0.05, 0.1) is 17.1 Å². The molecule has 122 valence electrons. The molecule has 0 atom stereocenters. The Morgan fingerprint density at radius 2 is 1.91 bits per heavy atom. The van der Waals surface area contributed by atoms with Crippen molar-refractivity contribution in [2.45, 2.75) is 20.4 Å². The second kappa shape index (κ2) is 6.92. The lowest BCUT2D eigenvalue weighted by atomic mass is 10.1. The van der Waals surface area contributed by atoms with E-state index in [1.165, 1.54) is 16.7 Å². The Bertz CT molecular complexity index is 675. The predicted molar refractivity (Wildman–Crippen MR) is 99.2 cm³/mol. The van der Waals surface area contributed by atoms with Crippen LogP contribution in [0.3, 0.4) is 0 Å². The van der Waals surface area contributed by atoms with Crippen LogP contribution in [-0.4, -0.2) is 26.2 Å². The van der Waals surface area contributed by atoms with E-state index in [9.17, 15) is 0 Å². The number of hydrogen-bond donors (Lipinski definition) is 3. The molecular weight excluding hydrogens is 284 g/mol. The summed E-state index contributed by atoms with van der Waals surface area (Å²) < 4.78 is 0. The van der Waals surface area contributed by atoms with E-state index in [1.54, 1.807) is 0 Å². The van der Waals surface area contributed by atoms with Crippen molar-refractivity contribution < 1.29 is 0 Å². The standard InChI is InChI=1S/C19H26N4/c1-14-4-3-5-16(12-14)13-22-19-15(2)6-7-17(18(19)20)23-10-8-21-9-11-23/h3-7,12,21-22H,8-11,13,20H2,1-2H3. The molecule has 0 bridgehead atoms. The third-order valence-electron chi connectivity index (χ3n) is 4.44. The third kappa shape index (κ3) is 3.59. The van der Waals surface area contributed by atoms with E-state index in [2.05, 4.69) is 65.8 Å². The van der Waals surface area contributed by atoms with Crippen LogP contribution in [0.2, 0.25) is 0 Å². The van der Waals surface area contributed by atoms with Gasteiger partial charge in [-0.25, -0.2) is 0 Å². The Balaban J connectivity index is 1.80. The Labute approximate surface area is 138 Å². The molecule has 0 aromatic heterocycles. The summed E-state index contributed by atoms with van der Waals surface area (Å²) in [5.74, 6) is 0. The summed E-state index contributed by atoms with van der Waals surface area (Å²) in [5, 5.41) is 6.92. The van der Waals surface area contributed by atoms with Gasteiger partial charge in [-0.05, 0) is 31.0 Å². The minimum atomic E-state index is 0.789. The van der Waals surface area contributed by atoms with Crippen molar-refractivity contribution in [1.29, 1.82) is 0 Å². The first-order valence-electron chi connectivity index (χ1n) is 8.29. The molecule has 1 heterocycles. The molecule has 0 spiro atoms. The molecule has 0 amide bonds. The van der Waals surface area contributed by atoms with Crippen molar-refractivity contribution in [3.8, 4) is 0 Å². The van der Waals surface area contributed by atoms with Crippen molar-refractivity contribution in [3.63, 3.8) is 0 Å². The largest absolute Gasteiger partial charge is 0.395 e. The second-order valence-electron chi connectivity index (χ2n) is 6.27. The van der Waals surface area contributed by atoms with Crippen molar-refractivity contribution >= 4 is 17.1 Å². The molecule has 1 saturated heterocycles. The molecule has 4 N–H and O–H groups in total. The van der Waals surface area contributed by atoms with E-state index in [4.69, 9.17) is 5.73 Å². The summed E-state index contributed by atoms with van der Waals surface area (Å²) in [4.78, 5) is 2.36. The number of nitrogens with zero attached hydrogens (tertiary/aromatic N) is 1. The number of hydrogen-bond acceptors (Lipinski definition) is 4. The van der Waals surface area contributed by atoms with Crippen molar-refractivity contribution in [1.82, 2.24) is 5.32 Å². The number of anilines is 3. The summed E-state index contributed by atoms with van der Waals surface area (Å²) in [5.41, 5.74) is 13.3. The van der Waals surface area contributed by atoms with Crippen LogP contribution in [0.25, 0.3) is 0 Å². The van der Waals surface area contributed by atoms with Crippen LogP contribution in [0.5, 0.6) is 0 Å². The Morgan fingerprint density at radius 1 is 1.13 bits per heavy atom. The predicted octanol–water partition coefficient (Wildman–Crippen LogP) is 2.91. The summed E-state index contributed by atoms with van der Waals surface area (Å²) in [7, 11) is 0. The van der Waals surface area contributed by atoms with Gasteiger partial charge < -0.3 is 21.3 Å². The molecular formula is C19H26N4. The van der Waals surface area contributed by atoms with Gasteiger partial charge in [0.25, 0.3) is 0 Å². The monoisotopic (exact) mass is 310 g/mol. The van der Waals surface area contributed by atoms with Gasteiger partial charge in [-0.3, -0.25) is 0 Å². The van der Waals surface area contributed by atoms with E-state index in [-0.39, 0.29) is 0 Å². The lowest BCUT2D eigenvalue weighted by Crippen LogP contribution is -2.43. The number of aryl methyl sites for hydroxylation is 2. The van der Waals surface area contributed by atoms with E-state index in [0.717, 1.165) is 49.8 Å². The highest BCUT2D eigenvalue weighted by atomic mass is 15.2. The maximum absolute atomic E-state index is 6.48. The average Bonchev–Trinajstić information content (AvgIpc) is 2.55. The fourth-order valence-corrected chi connectivity index (χ4v) is 3.15. The Kier molecular flexibility index (Phi) is 4.72. The molecule has 2 aromatic carbocycles. The molecule has 0 radical (unpaired) electrons. The summed E-state index contributed by atoms with van der Waals surface area (Å²) in [6, 6.07) is 12.9. The highest BCUT2D eigenvalue weighted by Gasteiger charge is 2.16. The number of rotatable bonds is 4. The van der Waals surface area contributed by atoms with Gasteiger partial charge in [0, 0.05) is 32.7 Å². The highest BCUT2D eigenvalue weighted by Crippen LogP contribution is 2.34. The highest BCUT2D eigenvalue weighted by molar-refractivity contribution is 5.83. The summed E-state index contributed by atoms with van der Waals surface area (Å²) >= 11 is 0. The number of nitrogens with one attached hydrogen (secondary N) is 2. The second-order valence-corrected chi connectivity index (χ2v) is 6.27. The van der Waals surface area contributed by atoms with Gasteiger partial charge in [-0.15, -0.1) is 0 Å². The van der Waals surface area contributed by atoms with Crippen LogP contribution in [0.15, 0.2) is 36.4 Å². The zero-order valence-corrected chi connectivity index (χ0v) is 14.0. The third-order valence-corrected chi connectivity index (χ3v) is 4.44. The Hall–Kier alpha value is -2.20. The van der Waals surface area contributed by atoms with Crippen LogP contribution in [0, 0.1) is 13.8 Å². The molecule has 1 aliphatic heterocycles. The molecule has 1 aliphatic rings.